The number of aromatic amines is 1. The summed E-state index contributed by atoms with van der Waals surface area (Å²) >= 11 is 0. The summed E-state index contributed by atoms with van der Waals surface area (Å²) in [5, 5.41) is 12.8. The van der Waals surface area contributed by atoms with Crippen molar-refractivity contribution < 1.29 is 9.36 Å². The van der Waals surface area contributed by atoms with Crippen molar-refractivity contribution in [1.82, 2.24) is 29.3 Å². The average Bonchev–Trinajstić information content (AvgIpc) is 3.77. The Bertz CT molecular complexity index is 1940. The number of rotatable bonds is 7. The van der Waals surface area contributed by atoms with Crippen molar-refractivity contribution in [1.29, 1.82) is 0 Å². The molecule has 1 aliphatic heterocycles. The summed E-state index contributed by atoms with van der Waals surface area (Å²) in [5.41, 5.74) is 5.82. The van der Waals surface area contributed by atoms with Gasteiger partial charge >= 0.3 is 5.76 Å². The molecule has 1 fully saturated rings. The Labute approximate surface area is 247 Å². The summed E-state index contributed by atoms with van der Waals surface area (Å²) in [6.45, 7) is 4.10. The van der Waals surface area contributed by atoms with Gasteiger partial charge in [-0.25, -0.2) is 9.31 Å². The van der Waals surface area contributed by atoms with Crippen LogP contribution >= 0.6 is 0 Å². The molecule has 2 aliphatic rings. The normalized spacial score (nSPS) is 20.0. The van der Waals surface area contributed by atoms with Crippen LogP contribution in [0.25, 0.3) is 28.3 Å². The predicted molar refractivity (Wildman–Crippen MR) is 161 cm³/mol. The molecule has 0 amide bonds. The van der Waals surface area contributed by atoms with E-state index in [-0.39, 0.29) is 17.2 Å². The van der Waals surface area contributed by atoms with E-state index in [0.29, 0.717) is 30.0 Å². The highest BCUT2D eigenvalue weighted by Gasteiger charge is 2.42. The molecule has 0 bridgehead atoms. The first-order chi connectivity index (χ1) is 20.9. The van der Waals surface area contributed by atoms with Crippen LogP contribution < -0.4 is 11.3 Å². The molecule has 1 N–H and O–H groups in total. The minimum Gasteiger partial charge on any atom is -0.389 e. The maximum absolute atomic E-state index is 14.4. The Morgan fingerprint density at radius 3 is 2.58 bits per heavy atom. The fourth-order valence-electron chi connectivity index (χ4n) is 6.76. The summed E-state index contributed by atoms with van der Waals surface area (Å²) < 4.78 is 8.55. The molecule has 4 heterocycles. The molecule has 1 aliphatic carbocycles. The molecule has 5 aromatic rings. The van der Waals surface area contributed by atoms with Crippen LogP contribution in [0.2, 0.25) is 0 Å². The van der Waals surface area contributed by atoms with Gasteiger partial charge in [-0.15, -0.1) is 0 Å². The van der Waals surface area contributed by atoms with Gasteiger partial charge in [0.2, 0.25) is 5.78 Å². The van der Waals surface area contributed by atoms with Crippen LogP contribution in [0.5, 0.6) is 0 Å². The molecule has 0 unspecified atom stereocenters. The molecular weight excluding hydrogens is 546 g/mol. The van der Waals surface area contributed by atoms with Gasteiger partial charge in [0.15, 0.2) is 5.82 Å². The van der Waals surface area contributed by atoms with Crippen LogP contribution in [-0.2, 0) is 17.7 Å². The van der Waals surface area contributed by atoms with Crippen LogP contribution in [0.3, 0.4) is 0 Å². The van der Waals surface area contributed by atoms with E-state index in [2.05, 4.69) is 32.3 Å². The zero-order valence-corrected chi connectivity index (χ0v) is 24.2. The van der Waals surface area contributed by atoms with Crippen LogP contribution in [-0.4, -0.2) is 40.6 Å². The smallest absolute Gasteiger partial charge is 0.389 e. The van der Waals surface area contributed by atoms with E-state index in [0.717, 1.165) is 72.2 Å². The highest BCUT2D eigenvalue weighted by molar-refractivity contribution is 5.83. The lowest BCUT2D eigenvalue weighted by Gasteiger charge is -2.35. The second-order valence-corrected chi connectivity index (χ2v) is 11.7. The number of benzene rings is 2. The van der Waals surface area contributed by atoms with Crippen LogP contribution in [0, 0.1) is 0 Å². The predicted octanol–water partition coefficient (Wildman–Crippen LogP) is 5.09. The fourth-order valence-corrected chi connectivity index (χ4v) is 6.76. The highest BCUT2D eigenvalue weighted by atomic mass is 16.7. The van der Waals surface area contributed by atoms with Crippen LogP contribution in [0.4, 0.5) is 0 Å². The lowest BCUT2D eigenvalue weighted by atomic mass is 9.79. The van der Waals surface area contributed by atoms with Gasteiger partial charge in [-0.05, 0) is 61.8 Å². The van der Waals surface area contributed by atoms with Gasteiger partial charge in [0.05, 0.1) is 11.4 Å². The molecule has 3 aromatic heterocycles. The van der Waals surface area contributed by atoms with Gasteiger partial charge in [-0.1, -0.05) is 66.1 Å². The van der Waals surface area contributed by atoms with E-state index in [4.69, 9.17) is 9.36 Å². The standard InChI is InChI=1S/C32H33N7O4/c1-3-7-27-26(17-21-10-11-24(22-8-5-4-6-9-22)25(16-21)28-35-31(41)42-37-28)29(40)38(30-33-19-34-39(27)30)23-12-14-32(15-13-23)18-20(2)36-43-32/h4-6,8-11,16,19,23H,3,7,12-15,17-18H2,1-2H3,(H,35,37,41). The van der Waals surface area contributed by atoms with Crippen LogP contribution in [0.15, 0.2) is 74.1 Å². The molecule has 2 aromatic carbocycles. The number of nitrogens with one attached hydrogen (secondary N) is 1. The Morgan fingerprint density at radius 1 is 1.07 bits per heavy atom. The van der Waals surface area contributed by atoms with Gasteiger partial charge in [-0.3, -0.25) is 18.9 Å². The zero-order chi connectivity index (χ0) is 29.6. The molecule has 0 radical (unpaired) electrons. The summed E-state index contributed by atoms with van der Waals surface area (Å²) in [5.74, 6) is 0.300. The highest BCUT2D eigenvalue weighted by Crippen LogP contribution is 2.42. The Hall–Kier alpha value is -4.80. The molecule has 11 nitrogen and oxygen atoms in total. The van der Waals surface area contributed by atoms with E-state index >= 15 is 0 Å². The molecule has 0 atom stereocenters. The average molecular weight is 580 g/mol. The van der Waals surface area contributed by atoms with Crippen molar-refractivity contribution in [3.63, 3.8) is 0 Å². The number of oxime groups is 1. The first-order valence-electron chi connectivity index (χ1n) is 14.9. The second kappa shape index (κ2) is 10.8. The molecule has 11 heteroatoms. The number of aryl methyl sites for hydroxylation is 1. The van der Waals surface area contributed by atoms with Crippen molar-refractivity contribution in [2.45, 2.75) is 76.9 Å². The van der Waals surface area contributed by atoms with Crippen molar-refractivity contribution in [3.05, 3.63) is 92.6 Å². The lowest BCUT2D eigenvalue weighted by Crippen LogP contribution is -2.39. The molecule has 0 saturated heterocycles. The maximum atomic E-state index is 14.4. The Balaban J connectivity index is 1.31. The van der Waals surface area contributed by atoms with Crippen molar-refractivity contribution in [2.24, 2.45) is 5.16 Å². The van der Waals surface area contributed by atoms with E-state index in [1.807, 2.05) is 64.5 Å². The third-order valence-corrected chi connectivity index (χ3v) is 8.76. The fraction of sp³-hybridized carbons (Fsp3) is 0.375. The first kappa shape index (κ1) is 27.1. The van der Waals surface area contributed by atoms with Gasteiger partial charge in [0.25, 0.3) is 5.56 Å². The minimum absolute atomic E-state index is 0.0139. The monoisotopic (exact) mass is 579 g/mol. The molecule has 1 spiro atoms. The Morgan fingerprint density at radius 2 is 1.88 bits per heavy atom. The van der Waals surface area contributed by atoms with Crippen molar-refractivity contribution >= 4 is 11.5 Å². The maximum Gasteiger partial charge on any atom is 0.439 e. The summed E-state index contributed by atoms with van der Waals surface area (Å²) in [4.78, 5) is 39.4. The number of nitrogens with zero attached hydrogens (tertiary/aromatic N) is 6. The number of hydrogen-bond donors (Lipinski definition) is 1. The molecule has 43 heavy (non-hydrogen) atoms. The summed E-state index contributed by atoms with van der Waals surface area (Å²) in [6, 6.07) is 15.9. The van der Waals surface area contributed by atoms with Crippen molar-refractivity contribution in [3.8, 4) is 22.5 Å². The summed E-state index contributed by atoms with van der Waals surface area (Å²) in [6.07, 6.45) is 7.56. The van der Waals surface area contributed by atoms with E-state index in [9.17, 15) is 9.59 Å². The topological polar surface area (TPSA) is 133 Å². The summed E-state index contributed by atoms with van der Waals surface area (Å²) in [7, 11) is 0. The third-order valence-electron chi connectivity index (χ3n) is 8.76. The van der Waals surface area contributed by atoms with Crippen LogP contribution in [0.1, 0.15) is 75.2 Å². The zero-order valence-electron chi connectivity index (χ0n) is 24.2. The molecule has 220 valence electrons. The van der Waals surface area contributed by atoms with Gasteiger partial charge in [0, 0.05) is 30.0 Å². The van der Waals surface area contributed by atoms with E-state index in [1.54, 1.807) is 0 Å². The first-order valence-corrected chi connectivity index (χ1v) is 14.9. The quantitative estimate of drug-likeness (QED) is 0.284. The van der Waals surface area contributed by atoms with E-state index < -0.39 is 5.76 Å². The van der Waals surface area contributed by atoms with Gasteiger partial charge in [-0.2, -0.15) is 10.1 Å². The largest absolute Gasteiger partial charge is 0.439 e. The third kappa shape index (κ3) is 4.88. The molecular formula is C32H33N7O4. The molecule has 1 saturated carbocycles. The van der Waals surface area contributed by atoms with Crippen molar-refractivity contribution in [2.75, 3.05) is 0 Å². The molecule has 7 rings (SSSR count). The number of aromatic nitrogens is 6. The minimum atomic E-state index is -0.622. The lowest BCUT2D eigenvalue weighted by molar-refractivity contribution is -0.0528. The Kier molecular flexibility index (Phi) is 6.79. The van der Waals surface area contributed by atoms with Gasteiger partial charge in [0.1, 0.15) is 11.9 Å². The SMILES string of the molecule is CCCc1c(Cc2ccc(-c3ccccc3)c(-c3noc(=O)[nH]3)c2)c(=O)n(C2CCC3(CC2)CC(C)=NO3)c2ncnn12. The number of fused-ring (bicyclic) bond motifs is 1. The van der Waals surface area contributed by atoms with E-state index in [1.165, 1.54) is 6.33 Å². The number of hydrogen-bond acceptors (Lipinski definition) is 8. The van der Waals surface area contributed by atoms with Gasteiger partial charge < -0.3 is 4.84 Å². The number of H-pyrrole nitrogens is 1. The second-order valence-electron chi connectivity index (χ2n) is 11.7.